The Balaban J connectivity index is 2.14. The van der Waals surface area contributed by atoms with E-state index in [1.54, 1.807) is 30.5 Å². The number of hydrogen-bond donors (Lipinski definition) is 1. The summed E-state index contributed by atoms with van der Waals surface area (Å²) in [5.41, 5.74) is 1.66. The SMILES string of the molecule is CCCCCSc1cnc(F)cc1-c1cnc[nH]1. The molecule has 2 heterocycles. The Labute approximate surface area is 110 Å². The van der Waals surface area contributed by atoms with Gasteiger partial charge in [-0.15, -0.1) is 11.8 Å². The predicted molar refractivity (Wildman–Crippen MR) is 72.0 cm³/mol. The number of aromatic amines is 1. The van der Waals surface area contributed by atoms with Crippen molar-refractivity contribution in [3.8, 4) is 11.3 Å². The molecule has 0 aliphatic carbocycles. The molecule has 0 aliphatic rings. The molecule has 96 valence electrons. The quantitative estimate of drug-likeness (QED) is 0.489. The van der Waals surface area contributed by atoms with Gasteiger partial charge in [-0.05, 0) is 12.2 Å². The van der Waals surface area contributed by atoms with Gasteiger partial charge in [0.1, 0.15) is 0 Å². The summed E-state index contributed by atoms with van der Waals surface area (Å²) in [7, 11) is 0. The number of nitrogens with one attached hydrogen (secondary N) is 1. The molecule has 18 heavy (non-hydrogen) atoms. The summed E-state index contributed by atoms with van der Waals surface area (Å²) in [6.45, 7) is 2.18. The van der Waals surface area contributed by atoms with Crippen LogP contribution in [-0.2, 0) is 0 Å². The van der Waals surface area contributed by atoms with Crippen LogP contribution in [0.25, 0.3) is 11.3 Å². The molecular formula is C13H16FN3S. The maximum Gasteiger partial charge on any atom is 0.213 e. The van der Waals surface area contributed by atoms with Crippen molar-refractivity contribution in [1.29, 1.82) is 0 Å². The van der Waals surface area contributed by atoms with Crippen LogP contribution in [0.5, 0.6) is 0 Å². The highest BCUT2D eigenvalue weighted by Gasteiger charge is 2.09. The first-order chi connectivity index (χ1) is 8.81. The van der Waals surface area contributed by atoms with Gasteiger partial charge in [-0.25, -0.2) is 9.97 Å². The fraction of sp³-hybridized carbons (Fsp3) is 0.385. The first kappa shape index (κ1) is 13.1. The molecule has 5 heteroatoms. The van der Waals surface area contributed by atoms with Gasteiger partial charge in [-0.3, -0.25) is 0 Å². The van der Waals surface area contributed by atoms with Crippen molar-refractivity contribution in [3.05, 3.63) is 30.7 Å². The average molecular weight is 265 g/mol. The first-order valence-electron chi connectivity index (χ1n) is 6.08. The molecule has 1 N–H and O–H groups in total. The second-order valence-corrected chi connectivity index (χ2v) is 5.16. The maximum absolute atomic E-state index is 13.2. The van der Waals surface area contributed by atoms with Crippen LogP contribution in [-0.4, -0.2) is 20.7 Å². The summed E-state index contributed by atoms with van der Waals surface area (Å²) in [5, 5.41) is 0. The van der Waals surface area contributed by atoms with Gasteiger partial charge < -0.3 is 4.98 Å². The molecule has 0 saturated carbocycles. The number of hydrogen-bond acceptors (Lipinski definition) is 3. The zero-order valence-corrected chi connectivity index (χ0v) is 11.1. The third-order valence-electron chi connectivity index (χ3n) is 2.63. The Morgan fingerprint density at radius 1 is 1.33 bits per heavy atom. The topological polar surface area (TPSA) is 41.6 Å². The van der Waals surface area contributed by atoms with Gasteiger partial charge in [0, 0.05) is 22.7 Å². The van der Waals surface area contributed by atoms with Gasteiger partial charge >= 0.3 is 0 Å². The summed E-state index contributed by atoms with van der Waals surface area (Å²) in [4.78, 5) is 11.7. The molecule has 0 radical (unpaired) electrons. The molecule has 2 rings (SSSR count). The molecule has 0 aliphatic heterocycles. The van der Waals surface area contributed by atoms with E-state index in [0.29, 0.717) is 0 Å². The summed E-state index contributed by atoms with van der Waals surface area (Å²) >= 11 is 1.72. The van der Waals surface area contributed by atoms with Crippen LogP contribution in [0.4, 0.5) is 4.39 Å². The molecule has 3 nitrogen and oxygen atoms in total. The average Bonchev–Trinajstić information content (AvgIpc) is 2.90. The number of imidazole rings is 1. The highest BCUT2D eigenvalue weighted by Crippen LogP contribution is 2.30. The fourth-order valence-electron chi connectivity index (χ4n) is 1.68. The molecule has 0 fully saturated rings. The standard InChI is InChI=1S/C13H16FN3S/c1-2-3-4-5-18-12-8-16-13(14)6-10(12)11-7-15-9-17-11/h6-9H,2-5H2,1H3,(H,15,17). The first-order valence-corrected chi connectivity index (χ1v) is 7.07. The van der Waals surface area contributed by atoms with Crippen LogP contribution in [0.3, 0.4) is 0 Å². The zero-order chi connectivity index (χ0) is 12.8. The minimum absolute atomic E-state index is 0.461. The van der Waals surface area contributed by atoms with E-state index in [1.165, 1.54) is 25.3 Å². The maximum atomic E-state index is 13.2. The van der Waals surface area contributed by atoms with E-state index in [4.69, 9.17) is 0 Å². The summed E-state index contributed by atoms with van der Waals surface area (Å²) in [6.07, 6.45) is 8.49. The smallest absolute Gasteiger partial charge is 0.213 e. The van der Waals surface area contributed by atoms with E-state index >= 15 is 0 Å². The number of nitrogens with zero attached hydrogens (tertiary/aromatic N) is 2. The molecule has 2 aromatic rings. The molecule has 0 aromatic carbocycles. The predicted octanol–water partition coefficient (Wildman–Crippen LogP) is 3.89. The molecule has 0 bridgehead atoms. The monoisotopic (exact) mass is 265 g/mol. The Kier molecular flexibility index (Phi) is 4.75. The number of rotatable bonds is 6. The van der Waals surface area contributed by atoms with Crippen molar-refractivity contribution >= 4 is 11.8 Å². The fourth-order valence-corrected chi connectivity index (χ4v) is 2.70. The van der Waals surface area contributed by atoms with Crippen LogP contribution in [0.1, 0.15) is 26.2 Å². The van der Waals surface area contributed by atoms with Crippen molar-refractivity contribution in [2.45, 2.75) is 31.1 Å². The van der Waals surface area contributed by atoms with Crippen LogP contribution in [0, 0.1) is 5.95 Å². The van der Waals surface area contributed by atoms with Gasteiger partial charge in [0.25, 0.3) is 0 Å². The minimum Gasteiger partial charge on any atom is -0.345 e. The number of aromatic nitrogens is 3. The molecule has 0 amide bonds. The summed E-state index contributed by atoms with van der Waals surface area (Å²) < 4.78 is 13.2. The van der Waals surface area contributed by atoms with E-state index in [1.807, 2.05) is 0 Å². The second kappa shape index (κ2) is 6.54. The van der Waals surface area contributed by atoms with Crippen molar-refractivity contribution < 1.29 is 4.39 Å². The van der Waals surface area contributed by atoms with Crippen molar-refractivity contribution in [2.24, 2.45) is 0 Å². The van der Waals surface area contributed by atoms with E-state index in [-0.39, 0.29) is 0 Å². The van der Waals surface area contributed by atoms with Crippen LogP contribution >= 0.6 is 11.8 Å². The highest BCUT2D eigenvalue weighted by atomic mass is 32.2. The third kappa shape index (κ3) is 3.32. The molecule has 2 aromatic heterocycles. The largest absolute Gasteiger partial charge is 0.345 e. The lowest BCUT2D eigenvalue weighted by Crippen LogP contribution is -1.90. The van der Waals surface area contributed by atoms with Gasteiger partial charge in [-0.2, -0.15) is 4.39 Å². The van der Waals surface area contributed by atoms with Crippen LogP contribution < -0.4 is 0 Å². The lowest BCUT2D eigenvalue weighted by molar-refractivity contribution is 0.582. The Bertz CT molecular complexity index is 485. The normalized spacial score (nSPS) is 10.8. The van der Waals surface area contributed by atoms with E-state index < -0.39 is 5.95 Å². The molecule has 0 spiro atoms. The number of thioether (sulfide) groups is 1. The lowest BCUT2D eigenvalue weighted by Gasteiger charge is -2.07. The highest BCUT2D eigenvalue weighted by molar-refractivity contribution is 7.99. The molecule has 0 saturated heterocycles. The second-order valence-electron chi connectivity index (χ2n) is 4.02. The number of pyridine rings is 1. The Morgan fingerprint density at radius 3 is 2.94 bits per heavy atom. The molecule has 0 atom stereocenters. The van der Waals surface area contributed by atoms with E-state index in [0.717, 1.165) is 21.9 Å². The molecule has 0 unspecified atom stereocenters. The zero-order valence-electron chi connectivity index (χ0n) is 10.3. The van der Waals surface area contributed by atoms with Gasteiger partial charge in [0.2, 0.25) is 5.95 Å². The van der Waals surface area contributed by atoms with Crippen LogP contribution in [0.2, 0.25) is 0 Å². The summed E-state index contributed by atoms with van der Waals surface area (Å²) in [5.74, 6) is 0.569. The van der Waals surface area contributed by atoms with Gasteiger partial charge in [0.15, 0.2) is 0 Å². The number of unbranched alkanes of at least 4 members (excludes halogenated alkanes) is 2. The van der Waals surface area contributed by atoms with E-state index in [2.05, 4.69) is 21.9 Å². The molecular weight excluding hydrogens is 249 g/mol. The van der Waals surface area contributed by atoms with Crippen molar-refractivity contribution in [3.63, 3.8) is 0 Å². The van der Waals surface area contributed by atoms with Crippen molar-refractivity contribution in [1.82, 2.24) is 15.0 Å². The number of H-pyrrole nitrogens is 1. The van der Waals surface area contributed by atoms with Gasteiger partial charge in [0.05, 0.1) is 18.2 Å². The van der Waals surface area contributed by atoms with Crippen LogP contribution in [0.15, 0.2) is 29.7 Å². The third-order valence-corrected chi connectivity index (χ3v) is 3.76. The summed E-state index contributed by atoms with van der Waals surface area (Å²) in [6, 6.07) is 1.45. The lowest BCUT2D eigenvalue weighted by atomic mass is 10.2. The Hall–Kier alpha value is -1.36. The Morgan fingerprint density at radius 2 is 2.22 bits per heavy atom. The minimum atomic E-state index is -0.461. The van der Waals surface area contributed by atoms with Crippen molar-refractivity contribution in [2.75, 3.05) is 5.75 Å². The number of halogens is 1. The van der Waals surface area contributed by atoms with E-state index in [9.17, 15) is 4.39 Å². The van der Waals surface area contributed by atoms with Gasteiger partial charge in [-0.1, -0.05) is 19.8 Å².